The molecule has 0 unspecified atom stereocenters. The predicted molar refractivity (Wildman–Crippen MR) is 128 cm³/mol. The van der Waals surface area contributed by atoms with Crippen molar-refractivity contribution in [2.24, 2.45) is 11.5 Å². The van der Waals surface area contributed by atoms with E-state index in [2.05, 4.69) is 16.2 Å². The van der Waals surface area contributed by atoms with Gasteiger partial charge in [0.25, 0.3) is 5.89 Å². The largest absolute Gasteiger partial charge is 0.493 e. The van der Waals surface area contributed by atoms with Crippen LogP contribution in [0.3, 0.4) is 0 Å². The van der Waals surface area contributed by atoms with Gasteiger partial charge < -0.3 is 23.8 Å². The van der Waals surface area contributed by atoms with E-state index in [1.165, 1.54) is 5.56 Å². The molecule has 10 nitrogen and oxygen atoms in total. The summed E-state index contributed by atoms with van der Waals surface area (Å²) in [5, 5.41) is 14.4. The number of fused-ring (bicyclic) bond motifs is 1. The highest BCUT2D eigenvalue weighted by Crippen LogP contribution is 2.32. The monoisotopic (exact) mass is 480 g/mol. The van der Waals surface area contributed by atoms with E-state index in [9.17, 15) is 5.11 Å². The van der Waals surface area contributed by atoms with E-state index >= 15 is 0 Å². The van der Waals surface area contributed by atoms with E-state index in [4.69, 9.17) is 30.2 Å². The molecule has 2 aliphatic heterocycles. The molecule has 10 heteroatoms. The predicted octanol–water partition coefficient (Wildman–Crippen LogP) is 1.92. The van der Waals surface area contributed by atoms with Gasteiger partial charge in [0.15, 0.2) is 17.5 Å². The zero-order valence-electron chi connectivity index (χ0n) is 19.6. The maximum absolute atomic E-state index is 10.3. The number of ether oxygens (including phenoxy) is 3. The quantitative estimate of drug-likeness (QED) is 0.263. The summed E-state index contributed by atoms with van der Waals surface area (Å²) >= 11 is 0. The van der Waals surface area contributed by atoms with Crippen LogP contribution in [-0.4, -0.2) is 58.3 Å². The third kappa shape index (κ3) is 4.88. The van der Waals surface area contributed by atoms with Crippen LogP contribution in [-0.2, 0) is 6.42 Å². The summed E-state index contributed by atoms with van der Waals surface area (Å²) in [6.07, 6.45) is 1.61. The van der Waals surface area contributed by atoms with Crippen molar-refractivity contribution in [1.82, 2.24) is 10.1 Å². The molecule has 0 radical (unpaired) electrons. The Morgan fingerprint density at radius 1 is 1.14 bits per heavy atom. The first-order chi connectivity index (χ1) is 17.0. The Balaban J connectivity index is 1.19. The van der Waals surface area contributed by atoms with Crippen LogP contribution in [0.5, 0.6) is 17.2 Å². The van der Waals surface area contributed by atoms with E-state index in [0.29, 0.717) is 38.6 Å². The maximum atomic E-state index is 10.3. The Bertz CT molecular complexity index is 1240. The SMILES string of the molecule is Cc1cc(-c2noc([C@@H]3[C@@H](O)CC[N+]3=C(N)N)n2)ccc1OCCCc1ccc2c(c1)OCCO2. The van der Waals surface area contributed by atoms with Crippen LogP contribution in [0.15, 0.2) is 40.9 Å². The van der Waals surface area contributed by atoms with Crippen molar-refractivity contribution >= 4 is 5.96 Å². The van der Waals surface area contributed by atoms with Crippen molar-refractivity contribution in [1.29, 1.82) is 0 Å². The Hall–Kier alpha value is -3.79. The van der Waals surface area contributed by atoms with Crippen molar-refractivity contribution in [3.8, 4) is 28.6 Å². The summed E-state index contributed by atoms with van der Waals surface area (Å²) in [7, 11) is 0. The normalized spacial score (nSPS) is 19.1. The molecule has 2 aromatic carbocycles. The summed E-state index contributed by atoms with van der Waals surface area (Å²) in [4.78, 5) is 4.49. The average Bonchev–Trinajstić information content (AvgIpc) is 3.49. The van der Waals surface area contributed by atoms with Crippen LogP contribution in [0.1, 0.15) is 35.9 Å². The molecule has 2 atom stereocenters. The van der Waals surface area contributed by atoms with Crippen molar-refractivity contribution in [3.05, 3.63) is 53.4 Å². The number of hydrogen-bond donors (Lipinski definition) is 3. The molecule has 0 aliphatic carbocycles. The second kappa shape index (κ2) is 9.83. The van der Waals surface area contributed by atoms with Crippen molar-refractivity contribution in [3.63, 3.8) is 0 Å². The first-order valence-electron chi connectivity index (χ1n) is 11.8. The molecular formula is C25H30N5O5+. The number of rotatable bonds is 7. The van der Waals surface area contributed by atoms with Gasteiger partial charge >= 0.3 is 5.96 Å². The van der Waals surface area contributed by atoms with Gasteiger partial charge in [-0.2, -0.15) is 4.98 Å². The fraction of sp³-hybridized carbons (Fsp3) is 0.400. The maximum Gasteiger partial charge on any atom is 0.341 e. The lowest BCUT2D eigenvalue weighted by molar-refractivity contribution is -0.560. The zero-order valence-corrected chi connectivity index (χ0v) is 19.6. The van der Waals surface area contributed by atoms with Gasteiger partial charge in [-0.15, -0.1) is 0 Å². The summed E-state index contributed by atoms with van der Waals surface area (Å²) in [5.41, 5.74) is 14.5. The van der Waals surface area contributed by atoms with Gasteiger partial charge in [-0.3, -0.25) is 16.0 Å². The number of hydrogen-bond acceptors (Lipinski definition) is 7. The van der Waals surface area contributed by atoms with Gasteiger partial charge in [-0.25, -0.2) is 0 Å². The molecule has 184 valence electrons. The van der Waals surface area contributed by atoms with E-state index in [-0.39, 0.29) is 11.9 Å². The number of benzene rings is 2. The minimum atomic E-state index is -0.676. The lowest BCUT2D eigenvalue weighted by atomic mass is 10.1. The molecule has 2 aliphatic rings. The van der Waals surface area contributed by atoms with Gasteiger partial charge in [-0.1, -0.05) is 11.2 Å². The second-order valence-electron chi connectivity index (χ2n) is 8.79. The molecule has 3 aromatic rings. The van der Waals surface area contributed by atoms with Crippen LogP contribution in [0.25, 0.3) is 11.4 Å². The van der Waals surface area contributed by atoms with Crippen LogP contribution in [0.4, 0.5) is 0 Å². The average molecular weight is 481 g/mol. The first-order valence-corrected chi connectivity index (χ1v) is 11.8. The van der Waals surface area contributed by atoms with E-state index in [0.717, 1.165) is 41.2 Å². The Morgan fingerprint density at radius 3 is 2.77 bits per heavy atom. The summed E-state index contributed by atoms with van der Waals surface area (Å²) in [6, 6.07) is 11.3. The molecule has 0 saturated carbocycles. The third-order valence-electron chi connectivity index (χ3n) is 6.30. The molecule has 5 N–H and O–H groups in total. The van der Waals surface area contributed by atoms with Gasteiger partial charge in [0.1, 0.15) is 19.0 Å². The van der Waals surface area contributed by atoms with Crippen LogP contribution in [0, 0.1) is 6.92 Å². The van der Waals surface area contributed by atoms with E-state index in [1.54, 1.807) is 4.58 Å². The van der Waals surface area contributed by atoms with Crippen LogP contribution < -0.4 is 25.7 Å². The summed E-state index contributed by atoms with van der Waals surface area (Å²) < 4.78 is 24.4. The van der Waals surface area contributed by atoms with Gasteiger partial charge in [0, 0.05) is 12.0 Å². The molecule has 0 spiro atoms. The number of guanidine groups is 1. The molecule has 5 rings (SSSR count). The standard InChI is InChI=1S/C25H29N5O5/c1-15-13-17(23-28-24(35-29-23)22-18(31)8-9-30(22)25(26)27)5-7-19(15)32-10-2-3-16-4-6-20-21(14-16)34-12-11-33-20/h4-7,13-14,18,22,31H,2-3,8-12H2,1H3,(H3,26,27)/p+1/t18-,22-/m0/s1. The highest BCUT2D eigenvalue weighted by molar-refractivity contribution is 5.70. The molecule has 1 fully saturated rings. The lowest BCUT2D eigenvalue weighted by Crippen LogP contribution is -2.37. The smallest absolute Gasteiger partial charge is 0.341 e. The number of aliphatic hydroxyl groups excluding tert-OH is 1. The topological polar surface area (TPSA) is 142 Å². The fourth-order valence-electron chi connectivity index (χ4n) is 4.49. The summed E-state index contributed by atoms with van der Waals surface area (Å²) in [6.45, 7) is 4.28. The molecule has 0 amide bonds. The number of aliphatic hydroxyl groups is 1. The minimum absolute atomic E-state index is 0.123. The molecular weight excluding hydrogens is 450 g/mol. The number of aromatic nitrogens is 2. The zero-order chi connectivity index (χ0) is 24.4. The molecule has 1 aromatic heterocycles. The Labute approximate surface area is 203 Å². The van der Waals surface area contributed by atoms with E-state index in [1.807, 2.05) is 37.3 Å². The highest BCUT2D eigenvalue weighted by atomic mass is 16.6. The summed E-state index contributed by atoms with van der Waals surface area (Å²) in [5.74, 6) is 3.27. The van der Waals surface area contributed by atoms with Gasteiger partial charge in [0.2, 0.25) is 5.82 Å². The second-order valence-corrected chi connectivity index (χ2v) is 8.79. The molecule has 35 heavy (non-hydrogen) atoms. The van der Waals surface area contributed by atoms with Crippen LogP contribution >= 0.6 is 0 Å². The Morgan fingerprint density at radius 2 is 1.97 bits per heavy atom. The van der Waals surface area contributed by atoms with Gasteiger partial charge in [0.05, 0.1) is 19.3 Å². The van der Waals surface area contributed by atoms with Crippen molar-refractivity contribution in [2.75, 3.05) is 26.4 Å². The number of nitrogens with zero attached hydrogens (tertiary/aromatic N) is 3. The number of nitrogens with two attached hydrogens (primary N) is 2. The molecule has 1 saturated heterocycles. The van der Waals surface area contributed by atoms with E-state index < -0.39 is 12.1 Å². The van der Waals surface area contributed by atoms with Crippen LogP contribution in [0.2, 0.25) is 0 Å². The third-order valence-corrected chi connectivity index (χ3v) is 6.30. The molecule has 3 heterocycles. The minimum Gasteiger partial charge on any atom is -0.493 e. The highest BCUT2D eigenvalue weighted by Gasteiger charge is 2.39. The number of aryl methyl sites for hydroxylation is 2. The fourth-order valence-corrected chi connectivity index (χ4v) is 4.49. The van der Waals surface area contributed by atoms with Crippen molar-refractivity contribution < 1.29 is 28.4 Å². The van der Waals surface area contributed by atoms with Gasteiger partial charge in [-0.05, 0) is 61.2 Å². The van der Waals surface area contributed by atoms with Crippen molar-refractivity contribution in [2.45, 2.75) is 38.3 Å². The lowest BCUT2D eigenvalue weighted by Gasteiger charge is -2.18. The molecule has 0 bridgehead atoms. The first kappa shape index (κ1) is 23.0. The Kier molecular flexibility index (Phi) is 6.45.